The summed E-state index contributed by atoms with van der Waals surface area (Å²) in [5.41, 5.74) is 4.74. The molecule has 1 heterocycles. The molecule has 2 fully saturated rings. The molecule has 2 aliphatic carbocycles. The van der Waals surface area contributed by atoms with Crippen molar-refractivity contribution in [3.63, 3.8) is 0 Å². The van der Waals surface area contributed by atoms with Crippen molar-refractivity contribution in [2.24, 2.45) is 11.8 Å². The van der Waals surface area contributed by atoms with E-state index in [1.54, 1.807) is 4.90 Å². The minimum Gasteiger partial charge on any atom is -0.480 e. The SMILES string of the molecule is O=C(NCC1CCCC(C(=O)N2CCC[C@H]2C(=O)O)C1)OCC1c2ccccc2-c2ccccc21. The number of aliphatic carboxylic acids is 1. The van der Waals surface area contributed by atoms with Gasteiger partial charge in [0.25, 0.3) is 0 Å². The Labute approximate surface area is 205 Å². The standard InChI is InChI=1S/C28H32N2O5/c31-26(30-14-6-13-25(30)27(32)33)19-8-5-7-18(15-19)16-29-28(34)35-17-24-22-11-3-1-9-20(22)21-10-2-4-12-23(21)24/h1-4,9-12,18-19,24-25H,5-8,13-17H2,(H,29,34)(H,32,33)/t18?,19?,25-/m0/s1. The average Bonchev–Trinajstić information content (AvgIpc) is 3.50. The highest BCUT2D eigenvalue weighted by molar-refractivity contribution is 5.85. The molecule has 2 amide bonds. The summed E-state index contributed by atoms with van der Waals surface area (Å²) < 4.78 is 5.64. The normalized spacial score (nSPS) is 23.4. The van der Waals surface area contributed by atoms with Crippen molar-refractivity contribution in [3.05, 3.63) is 59.7 Å². The first-order valence-corrected chi connectivity index (χ1v) is 12.6. The first-order valence-electron chi connectivity index (χ1n) is 12.6. The number of hydrogen-bond donors (Lipinski definition) is 2. The van der Waals surface area contributed by atoms with Crippen LogP contribution < -0.4 is 5.32 Å². The van der Waals surface area contributed by atoms with Gasteiger partial charge >= 0.3 is 12.1 Å². The van der Waals surface area contributed by atoms with Gasteiger partial charge in [0.05, 0.1) is 0 Å². The number of rotatable bonds is 6. The molecule has 5 rings (SSSR count). The third-order valence-electron chi connectivity index (χ3n) is 7.83. The van der Waals surface area contributed by atoms with Gasteiger partial charge < -0.3 is 20.1 Å². The molecular weight excluding hydrogens is 444 g/mol. The minimum atomic E-state index is -0.917. The van der Waals surface area contributed by atoms with Crippen LogP contribution in [-0.2, 0) is 14.3 Å². The monoisotopic (exact) mass is 476 g/mol. The molecule has 1 saturated heterocycles. The molecule has 1 aliphatic heterocycles. The second-order valence-corrected chi connectivity index (χ2v) is 9.96. The third-order valence-corrected chi connectivity index (χ3v) is 7.83. The lowest BCUT2D eigenvalue weighted by molar-refractivity contribution is -0.150. The van der Waals surface area contributed by atoms with Gasteiger partial charge in [-0.25, -0.2) is 9.59 Å². The van der Waals surface area contributed by atoms with Gasteiger partial charge in [-0.2, -0.15) is 0 Å². The van der Waals surface area contributed by atoms with Crippen LogP contribution in [0.2, 0.25) is 0 Å². The van der Waals surface area contributed by atoms with Crippen LogP contribution in [0.4, 0.5) is 4.79 Å². The second-order valence-electron chi connectivity index (χ2n) is 9.96. The largest absolute Gasteiger partial charge is 0.480 e. The van der Waals surface area contributed by atoms with Crippen molar-refractivity contribution in [2.45, 2.75) is 50.5 Å². The number of carbonyl (C=O) groups excluding carboxylic acids is 2. The van der Waals surface area contributed by atoms with E-state index in [1.807, 2.05) is 24.3 Å². The summed E-state index contributed by atoms with van der Waals surface area (Å²) in [5.74, 6) is -0.921. The number of likely N-dealkylation sites (tertiary alicyclic amines) is 1. The van der Waals surface area contributed by atoms with Gasteiger partial charge in [0.1, 0.15) is 12.6 Å². The molecule has 1 saturated carbocycles. The predicted molar refractivity (Wildman–Crippen MR) is 131 cm³/mol. The van der Waals surface area contributed by atoms with Gasteiger partial charge in [-0.3, -0.25) is 4.79 Å². The van der Waals surface area contributed by atoms with Crippen LogP contribution in [0, 0.1) is 11.8 Å². The first kappa shape index (κ1) is 23.4. The summed E-state index contributed by atoms with van der Waals surface area (Å²) >= 11 is 0. The zero-order valence-corrected chi connectivity index (χ0v) is 19.8. The highest BCUT2D eigenvalue weighted by Gasteiger charge is 2.38. The van der Waals surface area contributed by atoms with Crippen LogP contribution in [0.25, 0.3) is 11.1 Å². The maximum absolute atomic E-state index is 13.0. The fraction of sp³-hybridized carbons (Fsp3) is 0.464. The third kappa shape index (κ3) is 4.77. The fourth-order valence-electron chi connectivity index (χ4n) is 6.10. The summed E-state index contributed by atoms with van der Waals surface area (Å²) in [7, 11) is 0. The zero-order valence-electron chi connectivity index (χ0n) is 19.8. The van der Waals surface area contributed by atoms with Crippen LogP contribution in [0.5, 0.6) is 0 Å². The second kappa shape index (κ2) is 10.1. The molecule has 0 spiro atoms. The first-order chi connectivity index (χ1) is 17.0. The maximum atomic E-state index is 13.0. The average molecular weight is 477 g/mol. The van der Waals surface area contributed by atoms with Crippen LogP contribution in [0.3, 0.4) is 0 Å². The van der Waals surface area contributed by atoms with E-state index in [-0.39, 0.29) is 30.3 Å². The number of ether oxygens (including phenoxy) is 1. The van der Waals surface area contributed by atoms with E-state index in [2.05, 4.69) is 29.6 Å². The van der Waals surface area contributed by atoms with Gasteiger partial charge in [0, 0.05) is 24.9 Å². The summed E-state index contributed by atoms with van der Waals surface area (Å²) in [6.07, 6.45) is 4.12. The fourth-order valence-corrected chi connectivity index (χ4v) is 6.10. The lowest BCUT2D eigenvalue weighted by atomic mass is 9.80. The summed E-state index contributed by atoms with van der Waals surface area (Å²) in [6.45, 7) is 1.26. The smallest absolute Gasteiger partial charge is 0.407 e. The number of nitrogens with one attached hydrogen (secondary N) is 1. The van der Waals surface area contributed by atoms with E-state index in [0.717, 1.165) is 25.7 Å². The number of carboxylic acids is 1. The molecular formula is C28H32N2O5. The van der Waals surface area contributed by atoms with Crippen molar-refractivity contribution in [2.75, 3.05) is 19.7 Å². The molecule has 3 aliphatic rings. The molecule has 7 heteroatoms. The van der Waals surface area contributed by atoms with Crippen molar-refractivity contribution in [1.29, 1.82) is 0 Å². The molecule has 7 nitrogen and oxygen atoms in total. The Balaban J connectivity index is 1.13. The minimum absolute atomic E-state index is 0.0208. The van der Waals surface area contributed by atoms with Crippen LogP contribution in [0.1, 0.15) is 55.6 Å². The van der Waals surface area contributed by atoms with Crippen LogP contribution >= 0.6 is 0 Å². The van der Waals surface area contributed by atoms with Crippen molar-refractivity contribution >= 4 is 18.0 Å². The van der Waals surface area contributed by atoms with Crippen LogP contribution in [0.15, 0.2) is 48.5 Å². The van der Waals surface area contributed by atoms with Gasteiger partial charge in [0.2, 0.25) is 5.91 Å². The van der Waals surface area contributed by atoms with Crippen molar-refractivity contribution in [3.8, 4) is 11.1 Å². The molecule has 184 valence electrons. The predicted octanol–water partition coefficient (Wildman–Crippen LogP) is 4.41. The van der Waals surface area contributed by atoms with E-state index >= 15 is 0 Å². The number of fused-ring (bicyclic) bond motifs is 3. The summed E-state index contributed by atoms with van der Waals surface area (Å²) in [5, 5.41) is 12.3. The Morgan fingerprint density at radius 2 is 1.63 bits per heavy atom. The Hall–Kier alpha value is -3.35. The van der Waals surface area contributed by atoms with E-state index in [0.29, 0.717) is 25.9 Å². The number of amides is 2. The molecule has 35 heavy (non-hydrogen) atoms. The molecule has 0 bridgehead atoms. The van der Waals surface area contributed by atoms with Gasteiger partial charge in [-0.15, -0.1) is 0 Å². The summed E-state index contributed by atoms with van der Waals surface area (Å²) in [4.78, 5) is 38.6. The number of carboxylic acid groups (broad SMARTS) is 1. The molecule has 0 radical (unpaired) electrons. The molecule has 2 aromatic rings. The summed E-state index contributed by atoms with van der Waals surface area (Å²) in [6, 6.07) is 15.8. The Morgan fingerprint density at radius 3 is 2.31 bits per heavy atom. The number of alkyl carbamates (subject to hydrolysis) is 1. The van der Waals surface area contributed by atoms with Crippen molar-refractivity contribution in [1.82, 2.24) is 10.2 Å². The zero-order chi connectivity index (χ0) is 24.4. The molecule has 2 unspecified atom stereocenters. The number of carbonyl (C=O) groups is 3. The highest BCUT2D eigenvalue weighted by Crippen LogP contribution is 2.44. The number of nitrogens with zero attached hydrogens (tertiary/aromatic N) is 1. The van der Waals surface area contributed by atoms with Gasteiger partial charge in [-0.1, -0.05) is 55.0 Å². The Bertz CT molecular complexity index is 1070. The van der Waals surface area contributed by atoms with E-state index < -0.39 is 18.1 Å². The van der Waals surface area contributed by atoms with Crippen LogP contribution in [-0.4, -0.2) is 53.7 Å². The molecule has 0 aromatic heterocycles. The van der Waals surface area contributed by atoms with E-state index in [9.17, 15) is 19.5 Å². The lowest BCUT2D eigenvalue weighted by Gasteiger charge is -2.32. The van der Waals surface area contributed by atoms with Gasteiger partial charge in [-0.05, 0) is 60.3 Å². The number of benzene rings is 2. The molecule has 2 N–H and O–H groups in total. The number of hydrogen-bond acceptors (Lipinski definition) is 4. The molecule has 2 aromatic carbocycles. The van der Waals surface area contributed by atoms with Crippen molar-refractivity contribution < 1.29 is 24.2 Å². The maximum Gasteiger partial charge on any atom is 0.407 e. The van der Waals surface area contributed by atoms with Gasteiger partial charge in [0.15, 0.2) is 0 Å². The topological polar surface area (TPSA) is 95.9 Å². The highest BCUT2D eigenvalue weighted by atomic mass is 16.5. The van der Waals surface area contributed by atoms with E-state index in [1.165, 1.54) is 22.3 Å². The Morgan fingerprint density at radius 1 is 0.943 bits per heavy atom. The molecule has 3 atom stereocenters. The Kier molecular flexibility index (Phi) is 6.75. The van der Waals surface area contributed by atoms with E-state index in [4.69, 9.17) is 4.74 Å². The lowest BCUT2D eigenvalue weighted by Crippen LogP contribution is -2.45. The quantitative estimate of drug-likeness (QED) is 0.644.